The second-order valence-corrected chi connectivity index (χ2v) is 3.70. The zero-order valence-electron chi connectivity index (χ0n) is 8.81. The van der Waals surface area contributed by atoms with Crippen molar-refractivity contribution in [2.75, 3.05) is 13.2 Å². The van der Waals surface area contributed by atoms with Crippen LogP contribution in [-0.2, 0) is 14.5 Å². The molecular formula is C4H6F6LiNO3S. The molecule has 0 bridgehead atoms. The largest absolute Gasteiger partial charge is 1.00 e. The van der Waals surface area contributed by atoms with Gasteiger partial charge in [0.2, 0.25) is 0 Å². The van der Waals surface area contributed by atoms with E-state index in [0.29, 0.717) is 0 Å². The molecule has 0 atom stereocenters. The van der Waals surface area contributed by atoms with Gasteiger partial charge in [-0.05, 0) is 0 Å². The van der Waals surface area contributed by atoms with Gasteiger partial charge < -0.3 is 1.43 Å². The number of nitrogens with one attached hydrogen (secondary N) is 1. The molecule has 0 heterocycles. The summed E-state index contributed by atoms with van der Waals surface area (Å²) >= 11 is 0. The third-order valence-electron chi connectivity index (χ3n) is 0.827. The summed E-state index contributed by atoms with van der Waals surface area (Å²) in [6.07, 6.45) is -9.80. The quantitative estimate of drug-likeness (QED) is 0.478. The molecule has 0 aliphatic rings. The van der Waals surface area contributed by atoms with E-state index in [1.165, 1.54) is 0 Å². The maximum Gasteiger partial charge on any atom is 1.00 e. The van der Waals surface area contributed by atoms with Gasteiger partial charge in [-0.1, -0.05) is 0 Å². The van der Waals surface area contributed by atoms with Crippen molar-refractivity contribution in [1.82, 2.24) is 4.72 Å². The molecule has 12 heteroatoms. The first-order chi connectivity index (χ1) is 6.41. The minimum atomic E-state index is -5.04. The smallest absolute Gasteiger partial charge is 1.00 e. The van der Waals surface area contributed by atoms with Crippen LogP contribution in [0.2, 0.25) is 0 Å². The van der Waals surface area contributed by atoms with Crippen molar-refractivity contribution in [3.8, 4) is 0 Å². The van der Waals surface area contributed by atoms with Crippen LogP contribution in [0.4, 0.5) is 26.3 Å². The van der Waals surface area contributed by atoms with Crippen molar-refractivity contribution in [2.24, 2.45) is 0 Å². The van der Waals surface area contributed by atoms with Gasteiger partial charge in [-0.3, -0.25) is 0 Å². The van der Waals surface area contributed by atoms with Gasteiger partial charge in [0.15, 0.2) is 6.61 Å². The topological polar surface area (TPSA) is 55.4 Å². The van der Waals surface area contributed by atoms with E-state index in [-0.39, 0.29) is 20.3 Å². The van der Waals surface area contributed by atoms with E-state index in [1.54, 1.807) is 0 Å². The molecule has 0 aliphatic heterocycles. The van der Waals surface area contributed by atoms with E-state index in [9.17, 15) is 34.8 Å². The Morgan fingerprint density at radius 1 is 1.06 bits per heavy atom. The number of hydrogen-bond donors (Lipinski definition) is 1. The molecule has 0 spiro atoms. The first-order valence-electron chi connectivity index (χ1n) is 3.19. The van der Waals surface area contributed by atoms with Crippen LogP contribution < -0.4 is 23.6 Å². The molecule has 16 heavy (non-hydrogen) atoms. The van der Waals surface area contributed by atoms with Crippen LogP contribution >= 0.6 is 0 Å². The molecular weight excluding hydrogens is 263 g/mol. The third kappa shape index (κ3) is 12.1. The second kappa shape index (κ2) is 6.11. The summed E-state index contributed by atoms with van der Waals surface area (Å²) in [5.41, 5.74) is 0. The molecule has 0 amide bonds. The van der Waals surface area contributed by atoms with Crippen molar-refractivity contribution in [1.29, 1.82) is 0 Å². The molecule has 0 fully saturated rings. The Morgan fingerprint density at radius 2 is 1.50 bits per heavy atom. The summed E-state index contributed by atoms with van der Waals surface area (Å²) in [5, 5.41) is 0. The molecule has 0 rings (SSSR count). The van der Waals surface area contributed by atoms with Crippen molar-refractivity contribution in [3.63, 3.8) is 0 Å². The van der Waals surface area contributed by atoms with Crippen LogP contribution in [0.3, 0.4) is 0 Å². The molecule has 0 aromatic rings. The van der Waals surface area contributed by atoms with Gasteiger partial charge in [0, 0.05) is 0 Å². The average Bonchev–Trinajstić information content (AvgIpc) is 1.96. The fourth-order valence-electron chi connectivity index (χ4n) is 0.356. The van der Waals surface area contributed by atoms with Gasteiger partial charge in [-0.15, -0.1) is 0 Å². The Hall–Kier alpha value is 0.0474. The Labute approximate surface area is 100 Å². The van der Waals surface area contributed by atoms with E-state index in [2.05, 4.69) is 4.18 Å². The van der Waals surface area contributed by atoms with Gasteiger partial charge >= 0.3 is 41.5 Å². The monoisotopic (exact) mass is 269 g/mol. The molecule has 0 aromatic carbocycles. The van der Waals surface area contributed by atoms with Crippen LogP contribution in [0.15, 0.2) is 0 Å². The molecule has 0 radical (unpaired) electrons. The zero-order valence-corrected chi connectivity index (χ0v) is 8.63. The van der Waals surface area contributed by atoms with Gasteiger partial charge in [-0.2, -0.15) is 39.5 Å². The SMILES string of the molecule is O=S(=O)(NCC(F)(F)F)OCC(F)(F)F.[H-].[Li+]. The van der Waals surface area contributed by atoms with E-state index < -0.39 is 35.8 Å². The second-order valence-electron chi connectivity index (χ2n) is 2.27. The first kappa shape index (κ1) is 18.4. The average molecular weight is 269 g/mol. The van der Waals surface area contributed by atoms with Crippen LogP contribution in [0.1, 0.15) is 1.43 Å². The van der Waals surface area contributed by atoms with E-state index in [4.69, 9.17) is 0 Å². The number of halogens is 6. The fraction of sp³-hybridized carbons (Fsp3) is 1.00. The molecule has 1 N–H and O–H groups in total. The predicted octanol–water partition coefficient (Wildman–Crippen LogP) is -1.92. The van der Waals surface area contributed by atoms with Crippen LogP contribution in [0.25, 0.3) is 0 Å². The Morgan fingerprint density at radius 3 is 1.81 bits per heavy atom. The molecule has 0 aliphatic carbocycles. The van der Waals surface area contributed by atoms with Gasteiger partial charge in [0.25, 0.3) is 0 Å². The molecule has 0 unspecified atom stereocenters. The summed E-state index contributed by atoms with van der Waals surface area (Å²) in [5.74, 6) is 0. The van der Waals surface area contributed by atoms with Crippen molar-refractivity contribution in [2.45, 2.75) is 12.4 Å². The summed E-state index contributed by atoms with van der Waals surface area (Å²) in [4.78, 5) is 0. The summed E-state index contributed by atoms with van der Waals surface area (Å²) in [6, 6.07) is 0. The number of rotatable bonds is 4. The Kier molecular flexibility index (Phi) is 7.03. The molecule has 0 saturated heterocycles. The number of hydrogen-bond acceptors (Lipinski definition) is 3. The standard InChI is InChI=1S/C4H5F6NO3S.Li.H/c5-3(6,7)1-11-15(12,13)14-2-4(8,9)10;;/h11H,1-2H2;;/q;+1;-1. The van der Waals surface area contributed by atoms with Crippen molar-refractivity contribution < 1.29 is 59.2 Å². The fourth-order valence-corrected chi connectivity index (χ4v) is 1.07. The Bertz CT molecular complexity index is 279. The molecule has 94 valence electrons. The molecule has 0 aromatic heterocycles. The van der Waals surface area contributed by atoms with Crippen LogP contribution in [0, 0.1) is 0 Å². The van der Waals surface area contributed by atoms with Crippen LogP contribution in [0.5, 0.6) is 0 Å². The molecule has 0 saturated carbocycles. The summed E-state index contributed by atoms with van der Waals surface area (Å²) < 4.78 is 93.4. The van der Waals surface area contributed by atoms with E-state index >= 15 is 0 Å². The van der Waals surface area contributed by atoms with Crippen molar-refractivity contribution in [3.05, 3.63) is 0 Å². The minimum Gasteiger partial charge on any atom is -1.00 e. The van der Waals surface area contributed by atoms with E-state index in [1.807, 2.05) is 0 Å². The molecule has 4 nitrogen and oxygen atoms in total. The third-order valence-corrected chi connectivity index (χ3v) is 1.75. The van der Waals surface area contributed by atoms with Crippen LogP contribution in [-0.4, -0.2) is 33.9 Å². The maximum absolute atomic E-state index is 11.5. The summed E-state index contributed by atoms with van der Waals surface area (Å²) in [6.45, 7) is -4.17. The normalized spacial score (nSPS) is 13.4. The predicted molar refractivity (Wildman–Crippen MR) is 36.1 cm³/mol. The van der Waals surface area contributed by atoms with Crippen molar-refractivity contribution >= 4 is 10.3 Å². The minimum absolute atomic E-state index is 0. The zero-order chi connectivity index (χ0) is 12.3. The first-order valence-corrected chi connectivity index (χ1v) is 4.60. The Balaban J connectivity index is -0.000000980. The van der Waals surface area contributed by atoms with E-state index in [0.717, 1.165) is 4.72 Å². The van der Waals surface area contributed by atoms with Gasteiger partial charge in [-0.25, -0.2) is 4.18 Å². The maximum atomic E-state index is 11.5. The van der Waals surface area contributed by atoms with Gasteiger partial charge in [0.1, 0.15) is 6.54 Å². The number of alkyl halides is 6. The summed E-state index contributed by atoms with van der Waals surface area (Å²) in [7, 11) is -5.04. The van der Waals surface area contributed by atoms with Gasteiger partial charge in [0.05, 0.1) is 0 Å².